The van der Waals surface area contributed by atoms with E-state index in [0.717, 1.165) is 29.7 Å². The zero-order chi connectivity index (χ0) is 24.6. The van der Waals surface area contributed by atoms with Gasteiger partial charge >= 0.3 is 0 Å². The second-order valence-electron chi connectivity index (χ2n) is 9.54. The topological polar surface area (TPSA) is 107 Å². The van der Waals surface area contributed by atoms with Gasteiger partial charge in [-0.3, -0.25) is 9.59 Å². The fourth-order valence-electron chi connectivity index (χ4n) is 4.95. The lowest BCUT2D eigenvalue weighted by Gasteiger charge is -2.25. The van der Waals surface area contributed by atoms with Gasteiger partial charge in [0.25, 0.3) is 5.91 Å². The number of nitrogens with zero attached hydrogens (tertiary/aromatic N) is 4. The van der Waals surface area contributed by atoms with Gasteiger partial charge in [0.1, 0.15) is 12.7 Å². The van der Waals surface area contributed by atoms with E-state index in [4.69, 9.17) is 19.2 Å². The Kier molecular flexibility index (Phi) is 6.06. The third-order valence-electron chi connectivity index (χ3n) is 7.02. The molecule has 188 valence electrons. The van der Waals surface area contributed by atoms with Crippen molar-refractivity contribution in [2.24, 2.45) is 5.92 Å². The first kappa shape index (κ1) is 22.9. The van der Waals surface area contributed by atoms with Gasteiger partial charge in [-0.05, 0) is 36.6 Å². The van der Waals surface area contributed by atoms with E-state index in [1.165, 1.54) is 0 Å². The molecule has 10 heteroatoms. The molecule has 36 heavy (non-hydrogen) atoms. The molecular formula is C26H29N5O5. The summed E-state index contributed by atoms with van der Waals surface area (Å²) in [4.78, 5) is 32.6. The molecule has 2 aliphatic heterocycles. The number of nitrogens with one attached hydrogen (secondary N) is 1. The number of aromatic nitrogens is 3. The van der Waals surface area contributed by atoms with Crippen molar-refractivity contribution in [3.8, 4) is 17.0 Å². The molecule has 1 aromatic carbocycles. The Bertz CT molecular complexity index is 1300. The maximum Gasteiger partial charge on any atom is 0.252 e. The van der Waals surface area contributed by atoms with Crippen LogP contribution < -0.4 is 10.1 Å². The van der Waals surface area contributed by atoms with Gasteiger partial charge in [0.2, 0.25) is 5.88 Å². The van der Waals surface area contributed by atoms with E-state index in [-0.39, 0.29) is 23.7 Å². The van der Waals surface area contributed by atoms with E-state index in [9.17, 15) is 9.59 Å². The summed E-state index contributed by atoms with van der Waals surface area (Å²) in [5, 5.41) is 7.88. The normalized spacial score (nSPS) is 21.7. The summed E-state index contributed by atoms with van der Waals surface area (Å²) in [6.07, 6.45) is 5.47. The Morgan fingerprint density at radius 2 is 2.14 bits per heavy atom. The van der Waals surface area contributed by atoms with Crippen LogP contribution in [0.3, 0.4) is 0 Å². The smallest absolute Gasteiger partial charge is 0.252 e. The number of hydrogen-bond acceptors (Lipinski definition) is 8. The molecule has 0 radical (unpaired) electrons. The largest absolute Gasteiger partial charge is 0.475 e. The van der Waals surface area contributed by atoms with Crippen molar-refractivity contribution in [2.45, 2.75) is 31.4 Å². The van der Waals surface area contributed by atoms with E-state index >= 15 is 0 Å². The van der Waals surface area contributed by atoms with Gasteiger partial charge in [-0.2, -0.15) is 10.1 Å². The minimum Gasteiger partial charge on any atom is -0.475 e. The maximum absolute atomic E-state index is 13.1. The predicted octanol–water partition coefficient (Wildman–Crippen LogP) is 2.43. The Hall–Kier alpha value is -3.50. The molecule has 2 atom stereocenters. The average Bonchev–Trinajstić information content (AvgIpc) is 3.59. The summed E-state index contributed by atoms with van der Waals surface area (Å²) < 4.78 is 18.6. The van der Waals surface area contributed by atoms with Gasteiger partial charge in [0, 0.05) is 61.6 Å². The van der Waals surface area contributed by atoms with E-state index < -0.39 is 6.10 Å². The number of ether oxygens (including phenoxy) is 3. The van der Waals surface area contributed by atoms with E-state index in [1.807, 2.05) is 23.1 Å². The summed E-state index contributed by atoms with van der Waals surface area (Å²) in [5.41, 5.74) is 3.85. The molecule has 1 N–H and O–H groups in total. The Morgan fingerprint density at radius 1 is 1.25 bits per heavy atom. The first-order valence-electron chi connectivity index (χ1n) is 12.4. The fourth-order valence-corrected chi connectivity index (χ4v) is 4.95. The van der Waals surface area contributed by atoms with Gasteiger partial charge in [-0.25, -0.2) is 4.52 Å². The first-order chi connectivity index (χ1) is 17.6. The number of ketones is 1. The second kappa shape index (κ2) is 9.51. The number of benzene rings is 1. The van der Waals surface area contributed by atoms with Crippen molar-refractivity contribution in [3.63, 3.8) is 0 Å². The Balaban J connectivity index is 1.35. The molecule has 4 heterocycles. The maximum atomic E-state index is 13.1. The quantitative estimate of drug-likeness (QED) is 0.414. The van der Waals surface area contributed by atoms with Crippen molar-refractivity contribution in [3.05, 3.63) is 42.2 Å². The molecule has 3 aliphatic rings. The highest BCUT2D eigenvalue weighted by Gasteiger charge is 2.40. The fraction of sp³-hybridized carbons (Fsp3) is 0.462. The van der Waals surface area contributed by atoms with Crippen molar-refractivity contribution in [1.29, 1.82) is 0 Å². The molecule has 1 saturated carbocycles. The summed E-state index contributed by atoms with van der Waals surface area (Å²) in [6.45, 7) is 2.12. The Labute approximate surface area is 208 Å². The number of anilines is 1. The van der Waals surface area contributed by atoms with Crippen molar-refractivity contribution < 1.29 is 23.8 Å². The molecule has 0 unspecified atom stereocenters. The standard InChI is InChI=1S/C26H29N5O5/c1-34-8-9-35-22-13-20-15-36-23-4-6-31-25(29-23)21(14-28-31)17-10-18(24(32)16-2-3-16)12-19(11-17)27-5-7-30(20)26(22)33/h4,6,10-12,14,16,20,22,27H,2-3,5,7-9,13,15H2,1H3/t20-,22+/m0/s1. The minimum atomic E-state index is -0.521. The molecule has 1 amide bonds. The lowest BCUT2D eigenvalue weighted by molar-refractivity contribution is -0.138. The highest BCUT2D eigenvalue weighted by molar-refractivity contribution is 6.01. The number of Topliss-reactive ketones (excluding diaryl/α,β-unsaturated/α-hetero) is 1. The third-order valence-corrected chi connectivity index (χ3v) is 7.02. The second-order valence-corrected chi connectivity index (χ2v) is 9.54. The van der Waals surface area contributed by atoms with Crippen LogP contribution in [0.25, 0.3) is 16.8 Å². The number of hydrogen-bond donors (Lipinski definition) is 1. The van der Waals surface area contributed by atoms with Crippen LogP contribution >= 0.6 is 0 Å². The molecule has 1 saturated heterocycles. The Morgan fingerprint density at radius 3 is 2.97 bits per heavy atom. The molecule has 6 rings (SSSR count). The van der Waals surface area contributed by atoms with Gasteiger partial charge < -0.3 is 24.4 Å². The molecule has 2 fully saturated rings. The van der Waals surface area contributed by atoms with E-state index in [1.54, 1.807) is 30.1 Å². The highest BCUT2D eigenvalue weighted by atomic mass is 16.5. The molecule has 1 aliphatic carbocycles. The molecule has 10 nitrogen and oxygen atoms in total. The van der Waals surface area contributed by atoms with E-state index in [2.05, 4.69) is 10.4 Å². The van der Waals surface area contributed by atoms with Gasteiger partial charge in [-0.1, -0.05) is 0 Å². The van der Waals surface area contributed by atoms with Crippen LogP contribution in [0.5, 0.6) is 5.88 Å². The van der Waals surface area contributed by atoms with Crippen LogP contribution in [0, 0.1) is 5.92 Å². The number of rotatable bonds is 6. The van der Waals surface area contributed by atoms with Crippen molar-refractivity contribution in [1.82, 2.24) is 19.5 Å². The van der Waals surface area contributed by atoms with Crippen LogP contribution in [0.4, 0.5) is 5.69 Å². The molecular weight excluding hydrogens is 462 g/mol. The van der Waals surface area contributed by atoms with Crippen LogP contribution in [-0.2, 0) is 14.3 Å². The molecule has 4 bridgehead atoms. The van der Waals surface area contributed by atoms with Crippen molar-refractivity contribution >= 4 is 23.0 Å². The zero-order valence-electron chi connectivity index (χ0n) is 20.2. The summed E-state index contributed by atoms with van der Waals surface area (Å²) in [7, 11) is 1.61. The molecule has 3 aromatic rings. The minimum absolute atomic E-state index is 0.0477. The average molecular weight is 492 g/mol. The lowest BCUT2D eigenvalue weighted by atomic mass is 10.00. The SMILES string of the molecule is COCCO[C@@H]1C[C@H]2COc3ccn4ncc(c4n3)-c3cc(cc(C(=O)C4CC4)c3)NCCN2C1=O. The summed E-state index contributed by atoms with van der Waals surface area (Å²) in [6, 6.07) is 7.45. The summed E-state index contributed by atoms with van der Waals surface area (Å²) >= 11 is 0. The van der Waals surface area contributed by atoms with Crippen LogP contribution in [0.1, 0.15) is 29.6 Å². The number of carbonyl (C=O) groups is 2. The zero-order valence-corrected chi connectivity index (χ0v) is 20.2. The van der Waals surface area contributed by atoms with Crippen LogP contribution in [-0.4, -0.2) is 83.4 Å². The molecule has 2 aromatic heterocycles. The number of methoxy groups -OCH3 is 1. The van der Waals surface area contributed by atoms with Crippen LogP contribution in [0.15, 0.2) is 36.7 Å². The first-order valence-corrected chi connectivity index (χ1v) is 12.4. The van der Waals surface area contributed by atoms with Crippen LogP contribution in [0.2, 0.25) is 0 Å². The number of carbonyl (C=O) groups excluding carboxylic acids is 2. The number of fused-ring (bicyclic) bond motifs is 5. The third kappa shape index (κ3) is 4.42. The van der Waals surface area contributed by atoms with Gasteiger partial charge in [0.15, 0.2) is 11.4 Å². The number of amides is 1. The van der Waals surface area contributed by atoms with Crippen molar-refractivity contribution in [2.75, 3.05) is 45.3 Å². The summed E-state index contributed by atoms with van der Waals surface area (Å²) in [5.74, 6) is 0.688. The van der Waals surface area contributed by atoms with Gasteiger partial charge in [-0.15, -0.1) is 0 Å². The highest BCUT2D eigenvalue weighted by Crippen LogP contribution is 2.35. The lowest BCUT2D eigenvalue weighted by Crippen LogP contribution is -2.41. The monoisotopic (exact) mass is 491 g/mol. The predicted molar refractivity (Wildman–Crippen MR) is 131 cm³/mol. The molecule has 0 spiro atoms. The van der Waals surface area contributed by atoms with E-state index in [0.29, 0.717) is 56.4 Å². The van der Waals surface area contributed by atoms with Gasteiger partial charge in [0.05, 0.1) is 25.5 Å².